The van der Waals surface area contributed by atoms with Gasteiger partial charge in [-0.05, 0) is 24.6 Å². The lowest BCUT2D eigenvalue weighted by Crippen LogP contribution is -2.11. The number of aromatic amines is 1. The number of hydrogen-bond acceptors (Lipinski definition) is 4. The topological polar surface area (TPSA) is 96.7 Å². The highest BCUT2D eigenvalue weighted by Gasteiger charge is 2.07. The standard InChI is InChI=1S/C14H13N3O4/c18-12(19)4-2-8-21-11-6-5-9-13(16-11)17-7-1-3-10(17)14(20)15-9/h1,3,5-7H,2,4,8H2,(H,15,20)(H,18,19). The Morgan fingerprint density at radius 2 is 2.24 bits per heavy atom. The molecule has 3 aromatic rings. The molecule has 0 aliphatic rings. The zero-order valence-corrected chi connectivity index (χ0v) is 11.1. The van der Waals surface area contributed by atoms with Crippen molar-refractivity contribution in [1.29, 1.82) is 0 Å². The Morgan fingerprint density at radius 1 is 1.38 bits per heavy atom. The van der Waals surface area contributed by atoms with Gasteiger partial charge in [-0.2, -0.15) is 4.98 Å². The molecule has 0 aliphatic heterocycles. The van der Waals surface area contributed by atoms with Crippen molar-refractivity contribution in [1.82, 2.24) is 14.4 Å². The maximum atomic E-state index is 11.8. The lowest BCUT2D eigenvalue weighted by Gasteiger charge is -2.06. The number of carboxylic acid groups (broad SMARTS) is 1. The molecule has 0 unspecified atom stereocenters. The number of nitrogens with zero attached hydrogens (tertiary/aromatic N) is 2. The van der Waals surface area contributed by atoms with Crippen LogP contribution < -0.4 is 10.3 Å². The summed E-state index contributed by atoms with van der Waals surface area (Å²) < 4.78 is 7.13. The number of ether oxygens (including phenoxy) is 1. The molecule has 0 saturated heterocycles. The fourth-order valence-electron chi connectivity index (χ4n) is 2.13. The van der Waals surface area contributed by atoms with E-state index in [0.717, 1.165) is 0 Å². The van der Waals surface area contributed by atoms with E-state index in [2.05, 4.69) is 9.97 Å². The summed E-state index contributed by atoms with van der Waals surface area (Å²) in [7, 11) is 0. The molecule has 21 heavy (non-hydrogen) atoms. The number of aromatic nitrogens is 3. The van der Waals surface area contributed by atoms with Gasteiger partial charge in [-0.15, -0.1) is 0 Å². The van der Waals surface area contributed by atoms with E-state index in [0.29, 0.717) is 29.0 Å². The van der Waals surface area contributed by atoms with Crippen LogP contribution in [0.2, 0.25) is 0 Å². The van der Waals surface area contributed by atoms with Gasteiger partial charge in [0.05, 0.1) is 12.1 Å². The van der Waals surface area contributed by atoms with Crippen LogP contribution in [0.25, 0.3) is 16.7 Å². The highest BCUT2D eigenvalue weighted by molar-refractivity contribution is 5.74. The Balaban J connectivity index is 1.90. The Bertz CT molecular complexity index is 865. The van der Waals surface area contributed by atoms with E-state index in [4.69, 9.17) is 9.84 Å². The molecule has 3 rings (SSSR count). The van der Waals surface area contributed by atoms with Crippen LogP contribution in [0.3, 0.4) is 0 Å². The minimum atomic E-state index is -0.850. The minimum Gasteiger partial charge on any atom is -0.481 e. The van der Waals surface area contributed by atoms with Crippen molar-refractivity contribution in [2.24, 2.45) is 0 Å². The summed E-state index contributed by atoms with van der Waals surface area (Å²) in [5.41, 5.74) is 1.54. The van der Waals surface area contributed by atoms with Crippen molar-refractivity contribution in [3.63, 3.8) is 0 Å². The molecule has 0 radical (unpaired) electrons. The van der Waals surface area contributed by atoms with E-state index in [9.17, 15) is 9.59 Å². The van der Waals surface area contributed by atoms with Gasteiger partial charge in [0.1, 0.15) is 5.52 Å². The highest BCUT2D eigenvalue weighted by Crippen LogP contribution is 2.15. The van der Waals surface area contributed by atoms with E-state index >= 15 is 0 Å². The largest absolute Gasteiger partial charge is 0.481 e. The maximum absolute atomic E-state index is 11.8. The minimum absolute atomic E-state index is 0.0583. The zero-order chi connectivity index (χ0) is 14.8. The Labute approximate surface area is 118 Å². The molecule has 0 fully saturated rings. The van der Waals surface area contributed by atoms with Crippen LogP contribution in [0.1, 0.15) is 12.8 Å². The predicted molar refractivity (Wildman–Crippen MR) is 75.7 cm³/mol. The van der Waals surface area contributed by atoms with E-state index in [1.54, 1.807) is 34.9 Å². The van der Waals surface area contributed by atoms with Crippen LogP contribution in [0.5, 0.6) is 5.88 Å². The van der Waals surface area contributed by atoms with Crippen molar-refractivity contribution < 1.29 is 14.6 Å². The highest BCUT2D eigenvalue weighted by atomic mass is 16.5. The molecule has 0 aromatic carbocycles. The van der Waals surface area contributed by atoms with Gasteiger partial charge < -0.3 is 14.8 Å². The number of carbonyl (C=O) groups is 1. The van der Waals surface area contributed by atoms with Crippen molar-refractivity contribution in [2.45, 2.75) is 12.8 Å². The van der Waals surface area contributed by atoms with E-state index < -0.39 is 5.97 Å². The zero-order valence-electron chi connectivity index (χ0n) is 11.1. The first-order chi connectivity index (χ1) is 10.1. The number of rotatable bonds is 5. The fourth-order valence-corrected chi connectivity index (χ4v) is 2.13. The molecule has 0 spiro atoms. The van der Waals surface area contributed by atoms with Crippen LogP contribution in [0.15, 0.2) is 35.3 Å². The molecule has 3 aromatic heterocycles. The molecule has 2 N–H and O–H groups in total. The van der Waals surface area contributed by atoms with Gasteiger partial charge in [-0.1, -0.05) is 0 Å². The summed E-state index contributed by atoms with van der Waals surface area (Å²) in [5, 5.41) is 8.56. The second-order valence-corrected chi connectivity index (χ2v) is 4.58. The third kappa shape index (κ3) is 2.58. The molecular formula is C14H13N3O4. The number of pyridine rings is 1. The number of hydrogen-bond donors (Lipinski definition) is 2. The van der Waals surface area contributed by atoms with Gasteiger partial charge in [0, 0.05) is 18.7 Å². The fraction of sp³-hybridized carbons (Fsp3) is 0.214. The molecule has 0 saturated carbocycles. The Kier molecular flexibility index (Phi) is 3.31. The van der Waals surface area contributed by atoms with Crippen LogP contribution in [0.4, 0.5) is 0 Å². The van der Waals surface area contributed by atoms with Gasteiger partial charge in [0.15, 0.2) is 5.65 Å². The summed E-state index contributed by atoms with van der Waals surface area (Å²) in [4.78, 5) is 29.4. The van der Waals surface area contributed by atoms with Gasteiger partial charge in [-0.3, -0.25) is 14.0 Å². The molecule has 7 heteroatoms. The number of fused-ring (bicyclic) bond motifs is 3. The third-order valence-corrected chi connectivity index (χ3v) is 3.09. The summed E-state index contributed by atoms with van der Waals surface area (Å²) in [6.07, 6.45) is 2.23. The molecule has 0 bridgehead atoms. The first kappa shape index (κ1) is 13.2. The number of aliphatic carboxylic acids is 1. The molecule has 108 valence electrons. The maximum Gasteiger partial charge on any atom is 0.303 e. The second kappa shape index (κ2) is 5.28. The van der Waals surface area contributed by atoms with Crippen LogP contribution in [0, 0.1) is 0 Å². The first-order valence-electron chi connectivity index (χ1n) is 6.50. The quantitative estimate of drug-likeness (QED) is 0.692. The number of H-pyrrole nitrogens is 1. The third-order valence-electron chi connectivity index (χ3n) is 3.09. The molecule has 0 aliphatic carbocycles. The molecule has 0 atom stereocenters. The molecule has 7 nitrogen and oxygen atoms in total. The van der Waals surface area contributed by atoms with Crippen molar-refractivity contribution in [2.75, 3.05) is 6.61 Å². The molecular weight excluding hydrogens is 274 g/mol. The van der Waals surface area contributed by atoms with Crippen LogP contribution >= 0.6 is 0 Å². The molecule has 0 amide bonds. The monoisotopic (exact) mass is 287 g/mol. The summed E-state index contributed by atoms with van der Waals surface area (Å²) in [6, 6.07) is 6.84. The van der Waals surface area contributed by atoms with Crippen LogP contribution in [-0.4, -0.2) is 32.1 Å². The average molecular weight is 287 g/mol. The van der Waals surface area contributed by atoms with Gasteiger partial charge in [-0.25, -0.2) is 0 Å². The normalized spacial score (nSPS) is 11.0. The van der Waals surface area contributed by atoms with Crippen molar-refractivity contribution >= 4 is 22.6 Å². The van der Waals surface area contributed by atoms with E-state index in [1.807, 2.05) is 0 Å². The Morgan fingerprint density at radius 3 is 3.05 bits per heavy atom. The number of nitrogens with one attached hydrogen (secondary N) is 1. The van der Waals surface area contributed by atoms with E-state index in [-0.39, 0.29) is 18.6 Å². The average Bonchev–Trinajstić information content (AvgIpc) is 2.94. The van der Waals surface area contributed by atoms with Crippen molar-refractivity contribution in [3.05, 3.63) is 40.8 Å². The predicted octanol–water partition coefficient (Wildman–Crippen LogP) is 1.42. The van der Waals surface area contributed by atoms with Gasteiger partial charge in [0.2, 0.25) is 5.88 Å². The lowest BCUT2D eigenvalue weighted by atomic mass is 10.3. The summed E-state index contributed by atoms with van der Waals surface area (Å²) in [5.74, 6) is -0.452. The smallest absolute Gasteiger partial charge is 0.303 e. The first-order valence-corrected chi connectivity index (χ1v) is 6.50. The van der Waals surface area contributed by atoms with E-state index in [1.165, 1.54) is 0 Å². The van der Waals surface area contributed by atoms with Gasteiger partial charge in [0.25, 0.3) is 5.56 Å². The SMILES string of the molecule is O=C(O)CCCOc1ccc2[nH]c(=O)c3cccn3c2n1. The van der Waals surface area contributed by atoms with Crippen LogP contribution in [-0.2, 0) is 4.79 Å². The Hall–Kier alpha value is -2.83. The second-order valence-electron chi connectivity index (χ2n) is 4.58. The number of carboxylic acids is 1. The summed E-state index contributed by atoms with van der Waals surface area (Å²) >= 11 is 0. The van der Waals surface area contributed by atoms with Crippen molar-refractivity contribution in [3.8, 4) is 5.88 Å². The lowest BCUT2D eigenvalue weighted by molar-refractivity contribution is -0.137. The summed E-state index contributed by atoms with van der Waals surface area (Å²) in [6.45, 7) is 0.281. The van der Waals surface area contributed by atoms with Gasteiger partial charge >= 0.3 is 5.97 Å². The molecule has 3 heterocycles.